The summed E-state index contributed by atoms with van der Waals surface area (Å²) < 4.78 is 15.7. The van der Waals surface area contributed by atoms with Gasteiger partial charge in [-0.3, -0.25) is 4.99 Å². The van der Waals surface area contributed by atoms with Crippen molar-refractivity contribution in [1.82, 2.24) is 9.80 Å². The van der Waals surface area contributed by atoms with Crippen molar-refractivity contribution in [2.45, 2.75) is 30.7 Å². The van der Waals surface area contributed by atoms with Gasteiger partial charge in [0, 0.05) is 47.9 Å². The molecule has 2 aromatic rings. The highest BCUT2D eigenvalue weighted by atomic mass is 79.9. The van der Waals surface area contributed by atoms with Crippen molar-refractivity contribution in [3.05, 3.63) is 81.7 Å². The zero-order valence-corrected chi connectivity index (χ0v) is 19.5. The summed E-state index contributed by atoms with van der Waals surface area (Å²) in [6, 6.07) is 15.7. The number of benzene rings is 2. The van der Waals surface area contributed by atoms with Crippen LogP contribution < -0.4 is 0 Å². The summed E-state index contributed by atoms with van der Waals surface area (Å²) in [4.78, 5) is 9.69. The number of aliphatic imine (C=N–C) groups is 1. The number of rotatable bonds is 8. The Hall–Kier alpha value is -1.98. The second-order valence-electron chi connectivity index (χ2n) is 8.72. The lowest BCUT2D eigenvalue weighted by Gasteiger charge is -2.26. The molecule has 0 spiro atoms. The Morgan fingerprint density at radius 1 is 1.03 bits per heavy atom. The van der Waals surface area contributed by atoms with Crippen LogP contribution in [0.25, 0.3) is 0 Å². The summed E-state index contributed by atoms with van der Waals surface area (Å²) >= 11 is 3.52. The topological polar surface area (TPSA) is 18.8 Å². The Bertz CT molecular complexity index is 961. The van der Waals surface area contributed by atoms with Crippen molar-refractivity contribution in [1.29, 1.82) is 0 Å². The molecule has 30 heavy (non-hydrogen) atoms. The molecule has 0 aromatic heterocycles. The zero-order valence-electron chi connectivity index (χ0n) is 17.9. The first-order chi connectivity index (χ1) is 14.4. The maximum absolute atomic E-state index is 14.6. The fraction of sp³-hybridized carbons (Fsp3) is 0.400. The lowest BCUT2D eigenvalue weighted by Crippen LogP contribution is -2.31. The van der Waals surface area contributed by atoms with E-state index in [-0.39, 0.29) is 17.3 Å². The molecule has 5 heteroatoms. The maximum atomic E-state index is 14.6. The molecule has 158 valence electrons. The van der Waals surface area contributed by atoms with Crippen LogP contribution in [0.3, 0.4) is 0 Å². The van der Waals surface area contributed by atoms with Crippen LogP contribution in [0.5, 0.6) is 0 Å². The van der Waals surface area contributed by atoms with Crippen LogP contribution in [0.4, 0.5) is 4.39 Å². The number of hydrogen-bond donors (Lipinski definition) is 0. The smallest absolute Gasteiger partial charge is 0.127 e. The molecule has 0 radical (unpaired) electrons. The van der Waals surface area contributed by atoms with E-state index in [2.05, 4.69) is 77.2 Å². The van der Waals surface area contributed by atoms with Gasteiger partial charge >= 0.3 is 0 Å². The van der Waals surface area contributed by atoms with Crippen LogP contribution in [-0.4, -0.2) is 55.8 Å². The zero-order chi connectivity index (χ0) is 21.3. The lowest BCUT2D eigenvalue weighted by molar-refractivity contribution is 0.315. The van der Waals surface area contributed by atoms with E-state index in [1.165, 1.54) is 11.3 Å². The average Bonchev–Trinajstić information content (AvgIpc) is 3.42. The molecule has 0 saturated heterocycles. The third-order valence-electron chi connectivity index (χ3n) is 6.22. The molecule has 1 aliphatic heterocycles. The van der Waals surface area contributed by atoms with Crippen molar-refractivity contribution >= 4 is 21.6 Å². The van der Waals surface area contributed by atoms with E-state index in [1.807, 2.05) is 12.1 Å². The summed E-state index contributed by atoms with van der Waals surface area (Å²) in [5.41, 5.74) is 4.07. The van der Waals surface area contributed by atoms with E-state index in [1.54, 1.807) is 12.1 Å². The molecule has 0 bridgehead atoms. The number of hydrogen-bond acceptors (Lipinski definition) is 3. The van der Waals surface area contributed by atoms with E-state index >= 15 is 0 Å². The van der Waals surface area contributed by atoms with Crippen molar-refractivity contribution < 1.29 is 4.39 Å². The number of nitrogens with zero attached hydrogens (tertiary/aromatic N) is 3. The van der Waals surface area contributed by atoms with Crippen LogP contribution >= 0.6 is 15.9 Å². The van der Waals surface area contributed by atoms with Crippen LogP contribution in [-0.2, 0) is 11.8 Å². The molecule has 0 N–H and O–H groups in total. The van der Waals surface area contributed by atoms with Crippen LogP contribution in [0.1, 0.15) is 24.0 Å². The van der Waals surface area contributed by atoms with Gasteiger partial charge in [-0.1, -0.05) is 46.3 Å². The molecule has 2 aliphatic rings. The quantitative estimate of drug-likeness (QED) is 0.537. The monoisotopic (exact) mass is 469 g/mol. The van der Waals surface area contributed by atoms with Gasteiger partial charge in [-0.05, 0) is 62.3 Å². The first-order valence-electron chi connectivity index (χ1n) is 10.5. The van der Waals surface area contributed by atoms with Gasteiger partial charge in [-0.15, -0.1) is 0 Å². The minimum absolute atomic E-state index is 0.0672. The number of halogens is 2. The summed E-state index contributed by atoms with van der Waals surface area (Å²) in [6.07, 6.45) is 5.01. The largest absolute Gasteiger partial charge is 0.375 e. The Labute approximate surface area is 187 Å². The van der Waals surface area contributed by atoms with E-state index < -0.39 is 0 Å². The van der Waals surface area contributed by atoms with Gasteiger partial charge in [0.15, 0.2) is 0 Å². The van der Waals surface area contributed by atoms with Crippen molar-refractivity contribution in [2.75, 3.05) is 34.2 Å². The Kier molecular flexibility index (Phi) is 6.12. The summed E-state index contributed by atoms with van der Waals surface area (Å²) in [5, 5.41) is 0. The molecule has 1 saturated carbocycles. The van der Waals surface area contributed by atoms with Crippen LogP contribution in [0.15, 0.2) is 69.8 Å². The molecule has 1 heterocycles. The van der Waals surface area contributed by atoms with Gasteiger partial charge in [-0.25, -0.2) is 4.39 Å². The molecular weight excluding hydrogens is 441 g/mol. The van der Waals surface area contributed by atoms with Crippen molar-refractivity contribution in [3.8, 4) is 0 Å². The molecule has 1 fully saturated rings. The second-order valence-corrected chi connectivity index (χ2v) is 9.63. The fourth-order valence-corrected chi connectivity index (χ4v) is 4.51. The second kappa shape index (κ2) is 8.64. The Morgan fingerprint density at radius 2 is 1.73 bits per heavy atom. The predicted octanol–water partition coefficient (Wildman–Crippen LogP) is 5.06. The summed E-state index contributed by atoms with van der Waals surface area (Å²) in [6.45, 7) is 1.91. The van der Waals surface area contributed by atoms with Crippen molar-refractivity contribution in [2.24, 2.45) is 4.99 Å². The maximum Gasteiger partial charge on any atom is 0.127 e. The highest BCUT2D eigenvalue weighted by Gasteiger charge is 2.51. The SMILES string of the molecule is CN(C)CCN(C)C1=CC(C2(c3ccccc3F)CC2)=NC1Cc1ccc(Br)cc1. The molecule has 3 nitrogen and oxygen atoms in total. The minimum Gasteiger partial charge on any atom is -0.375 e. The molecule has 0 amide bonds. The molecule has 1 unspecified atom stereocenters. The van der Waals surface area contributed by atoms with E-state index in [9.17, 15) is 4.39 Å². The predicted molar refractivity (Wildman–Crippen MR) is 126 cm³/mol. The highest BCUT2D eigenvalue weighted by molar-refractivity contribution is 9.10. The normalized spacial score (nSPS) is 19.6. The third-order valence-corrected chi connectivity index (χ3v) is 6.75. The molecule has 4 rings (SSSR count). The molecule has 1 aliphatic carbocycles. The molecule has 2 aromatic carbocycles. The van der Waals surface area contributed by atoms with Gasteiger partial charge in [0.2, 0.25) is 0 Å². The summed E-state index contributed by atoms with van der Waals surface area (Å²) in [5.74, 6) is -0.120. The van der Waals surface area contributed by atoms with Gasteiger partial charge in [0.05, 0.1) is 6.04 Å². The standard InChI is InChI=1S/C25H29BrFN3/c1-29(2)14-15-30(3)23-17-24(25(12-13-25)20-6-4-5-7-21(20)27)28-22(23)16-18-8-10-19(26)11-9-18/h4-11,17,22H,12-16H2,1-3H3. The van der Waals surface area contributed by atoms with Crippen molar-refractivity contribution in [3.63, 3.8) is 0 Å². The Balaban J connectivity index is 1.64. The highest BCUT2D eigenvalue weighted by Crippen LogP contribution is 2.52. The number of likely N-dealkylation sites (N-methyl/N-ethyl adjacent to an activating group) is 2. The average molecular weight is 470 g/mol. The first kappa shape index (κ1) is 21.3. The van der Waals surface area contributed by atoms with E-state index in [0.717, 1.165) is 48.1 Å². The first-order valence-corrected chi connectivity index (χ1v) is 11.3. The van der Waals surface area contributed by atoms with Gasteiger partial charge < -0.3 is 9.80 Å². The van der Waals surface area contributed by atoms with Crippen LogP contribution in [0.2, 0.25) is 0 Å². The van der Waals surface area contributed by atoms with Gasteiger partial charge in [0.1, 0.15) is 5.82 Å². The van der Waals surface area contributed by atoms with Gasteiger partial charge in [-0.2, -0.15) is 0 Å². The Morgan fingerprint density at radius 3 is 2.37 bits per heavy atom. The third kappa shape index (κ3) is 4.37. The fourth-order valence-electron chi connectivity index (χ4n) is 4.24. The lowest BCUT2D eigenvalue weighted by atomic mass is 9.90. The minimum atomic E-state index is -0.257. The van der Waals surface area contributed by atoms with E-state index in [0.29, 0.717) is 0 Å². The van der Waals surface area contributed by atoms with Gasteiger partial charge in [0.25, 0.3) is 0 Å². The molecular formula is C25H29BrFN3. The summed E-state index contributed by atoms with van der Waals surface area (Å²) in [7, 11) is 6.33. The van der Waals surface area contributed by atoms with Crippen LogP contribution in [0, 0.1) is 5.82 Å². The molecule has 1 atom stereocenters. The number of allylic oxidation sites excluding steroid dienone is 1. The van der Waals surface area contributed by atoms with E-state index in [4.69, 9.17) is 4.99 Å².